The quantitative estimate of drug-likeness (QED) is 0.388. The van der Waals surface area contributed by atoms with Crippen LogP contribution < -0.4 is 10.1 Å². The smallest absolute Gasteiger partial charge is 0.406 e. The molecule has 2 N–H and O–H groups in total. The fourth-order valence-corrected chi connectivity index (χ4v) is 3.82. The number of halogens is 4. The van der Waals surface area contributed by atoms with Crippen molar-refractivity contribution in [2.75, 3.05) is 5.32 Å². The maximum absolute atomic E-state index is 13.1. The molecule has 0 saturated heterocycles. The highest BCUT2D eigenvalue weighted by molar-refractivity contribution is 6.30. The third-order valence-corrected chi connectivity index (χ3v) is 5.58. The topological polar surface area (TPSA) is 109 Å². The summed E-state index contributed by atoms with van der Waals surface area (Å²) in [5.41, 5.74) is 2.52. The summed E-state index contributed by atoms with van der Waals surface area (Å²) in [6.07, 6.45) is -2.91. The van der Waals surface area contributed by atoms with Gasteiger partial charge in [0.1, 0.15) is 11.8 Å². The minimum Gasteiger partial charge on any atom is -0.406 e. The van der Waals surface area contributed by atoms with E-state index < -0.39 is 18.4 Å². The number of alkyl halides is 3. The van der Waals surface area contributed by atoms with E-state index in [2.05, 4.69) is 30.2 Å². The van der Waals surface area contributed by atoms with Gasteiger partial charge in [-0.15, -0.1) is 13.2 Å². The van der Waals surface area contributed by atoms with Gasteiger partial charge >= 0.3 is 12.4 Å². The maximum atomic E-state index is 13.1. The van der Waals surface area contributed by atoms with Gasteiger partial charge in [0, 0.05) is 22.7 Å². The molecule has 0 bridgehead atoms. The Balaban J connectivity index is 1.39. The molecule has 1 atom stereocenters. The zero-order valence-corrected chi connectivity index (χ0v) is 18.5. The average Bonchev–Trinajstić information content (AvgIpc) is 3.48. The Morgan fingerprint density at radius 3 is 2.63 bits per heavy atom. The Labute approximate surface area is 200 Å². The van der Waals surface area contributed by atoms with Gasteiger partial charge in [-0.3, -0.25) is 0 Å². The van der Waals surface area contributed by atoms with Crippen molar-refractivity contribution in [3.8, 4) is 17.1 Å². The molecule has 2 aromatic heterocycles. The van der Waals surface area contributed by atoms with Crippen molar-refractivity contribution in [2.45, 2.75) is 25.4 Å². The SMILES string of the molecule is O=C(Nc1ccc(Cl)cc1)N1Cc2[nH]cnc2C[C@H]1c1nc(-c2ccc(OC(F)(F)F)cc2)no1. The third kappa shape index (κ3) is 5.06. The monoisotopic (exact) mass is 504 g/mol. The van der Waals surface area contributed by atoms with E-state index in [1.54, 1.807) is 30.6 Å². The van der Waals surface area contributed by atoms with Gasteiger partial charge in [-0.1, -0.05) is 16.8 Å². The molecule has 5 rings (SSSR count). The van der Waals surface area contributed by atoms with Crippen molar-refractivity contribution in [3.63, 3.8) is 0 Å². The maximum Gasteiger partial charge on any atom is 0.573 e. The number of urea groups is 1. The van der Waals surface area contributed by atoms with E-state index in [0.717, 1.165) is 23.5 Å². The molecule has 0 aliphatic carbocycles. The van der Waals surface area contributed by atoms with Crippen LogP contribution in [0.3, 0.4) is 0 Å². The van der Waals surface area contributed by atoms with Crippen LogP contribution in [0.4, 0.5) is 23.7 Å². The van der Waals surface area contributed by atoms with Crippen molar-refractivity contribution in [1.29, 1.82) is 0 Å². The number of amides is 2. The van der Waals surface area contributed by atoms with Crippen molar-refractivity contribution in [1.82, 2.24) is 25.0 Å². The Morgan fingerprint density at radius 1 is 1.17 bits per heavy atom. The molecule has 13 heteroatoms. The zero-order chi connectivity index (χ0) is 24.6. The van der Waals surface area contributed by atoms with Gasteiger partial charge in [0.05, 0.1) is 24.3 Å². The molecular weight excluding hydrogens is 489 g/mol. The zero-order valence-electron chi connectivity index (χ0n) is 17.7. The first kappa shape index (κ1) is 22.7. The summed E-state index contributed by atoms with van der Waals surface area (Å²) in [7, 11) is 0. The molecule has 1 aliphatic rings. The highest BCUT2D eigenvalue weighted by atomic mass is 35.5. The first-order valence-electron chi connectivity index (χ1n) is 10.3. The molecule has 0 saturated carbocycles. The molecule has 2 amide bonds. The van der Waals surface area contributed by atoms with E-state index >= 15 is 0 Å². The van der Waals surface area contributed by atoms with E-state index in [0.29, 0.717) is 22.7 Å². The molecule has 1 aliphatic heterocycles. The highest BCUT2D eigenvalue weighted by Gasteiger charge is 2.36. The molecule has 35 heavy (non-hydrogen) atoms. The first-order chi connectivity index (χ1) is 16.7. The lowest BCUT2D eigenvalue weighted by Crippen LogP contribution is -2.41. The van der Waals surface area contributed by atoms with Crippen LogP contribution in [0.1, 0.15) is 23.3 Å². The number of rotatable bonds is 4. The predicted octanol–water partition coefficient (Wildman–Crippen LogP) is 5.34. The second-order valence-electron chi connectivity index (χ2n) is 7.64. The van der Waals surface area contributed by atoms with Crippen LogP contribution in [0.2, 0.25) is 5.02 Å². The van der Waals surface area contributed by atoms with Crippen LogP contribution in [0, 0.1) is 0 Å². The largest absolute Gasteiger partial charge is 0.573 e. The minimum atomic E-state index is -4.79. The molecular formula is C22H16ClF3N6O3. The number of carbonyl (C=O) groups excluding carboxylic acids is 1. The van der Waals surface area contributed by atoms with Gasteiger partial charge < -0.3 is 24.5 Å². The third-order valence-electron chi connectivity index (χ3n) is 5.33. The molecule has 0 spiro atoms. The fourth-order valence-electron chi connectivity index (χ4n) is 3.69. The van der Waals surface area contributed by atoms with Gasteiger partial charge in [-0.05, 0) is 48.5 Å². The van der Waals surface area contributed by atoms with Crippen molar-refractivity contribution in [3.05, 3.63) is 77.2 Å². The fraction of sp³-hybridized carbons (Fsp3) is 0.182. The number of imidazole rings is 1. The number of carbonyl (C=O) groups is 1. The Kier molecular flexibility index (Phi) is 5.81. The second kappa shape index (κ2) is 8.95. The highest BCUT2D eigenvalue weighted by Crippen LogP contribution is 2.33. The van der Waals surface area contributed by atoms with Crippen LogP contribution in [-0.4, -0.2) is 37.4 Å². The van der Waals surface area contributed by atoms with E-state index in [1.807, 2.05) is 0 Å². The molecule has 0 unspecified atom stereocenters. The first-order valence-corrected chi connectivity index (χ1v) is 10.7. The number of fused-ring (bicyclic) bond motifs is 1. The van der Waals surface area contributed by atoms with Gasteiger partial charge in [-0.2, -0.15) is 4.98 Å². The van der Waals surface area contributed by atoms with Crippen LogP contribution in [0.5, 0.6) is 5.75 Å². The van der Waals surface area contributed by atoms with Gasteiger partial charge in [0.25, 0.3) is 0 Å². The van der Waals surface area contributed by atoms with Crippen LogP contribution in [0.15, 0.2) is 59.4 Å². The molecule has 0 radical (unpaired) electrons. The summed E-state index contributed by atoms with van der Waals surface area (Å²) >= 11 is 5.91. The van der Waals surface area contributed by atoms with E-state index in [9.17, 15) is 18.0 Å². The summed E-state index contributed by atoms with van der Waals surface area (Å²) in [6, 6.07) is 10.7. The molecule has 9 nitrogen and oxygen atoms in total. The summed E-state index contributed by atoms with van der Waals surface area (Å²) in [6.45, 7) is 0.223. The van der Waals surface area contributed by atoms with E-state index in [4.69, 9.17) is 16.1 Å². The second-order valence-corrected chi connectivity index (χ2v) is 8.08. The number of nitrogens with zero attached hydrogens (tertiary/aromatic N) is 4. The van der Waals surface area contributed by atoms with E-state index in [-0.39, 0.29) is 24.0 Å². The lowest BCUT2D eigenvalue weighted by atomic mass is 10.0. The standard InChI is InChI=1S/C22H16ClF3N6O3/c23-13-3-5-14(6-4-13)29-21(33)32-10-17-16(27-11-28-17)9-18(32)20-30-19(31-35-20)12-1-7-15(8-2-12)34-22(24,25)26/h1-8,11,18H,9-10H2,(H,27,28)(H,29,33)/t18-/m0/s1. The van der Waals surface area contributed by atoms with Crippen molar-refractivity contribution in [2.24, 2.45) is 0 Å². The van der Waals surface area contributed by atoms with Crippen molar-refractivity contribution >= 4 is 23.3 Å². The molecule has 2 aromatic carbocycles. The Bertz CT molecular complexity index is 1340. The van der Waals surface area contributed by atoms with Gasteiger partial charge in [-0.25, -0.2) is 9.78 Å². The lowest BCUT2D eigenvalue weighted by molar-refractivity contribution is -0.274. The number of hydrogen-bond acceptors (Lipinski definition) is 6. The van der Waals surface area contributed by atoms with Crippen LogP contribution >= 0.6 is 11.6 Å². The lowest BCUT2D eigenvalue weighted by Gasteiger charge is -2.32. The Hall–Kier alpha value is -4.06. The number of aromatic nitrogens is 4. The number of aromatic amines is 1. The van der Waals surface area contributed by atoms with E-state index in [1.165, 1.54) is 17.0 Å². The summed E-state index contributed by atoms with van der Waals surface area (Å²) < 4.78 is 46.5. The number of hydrogen-bond donors (Lipinski definition) is 2. The molecule has 180 valence electrons. The van der Waals surface area contributed by atoms with Crippen LogP contribution in [-0.2, 0) is 13.0 Å². The molecule has 3 heterocycles. The van der Waals surface area contributed by atoms with Gasteiger partial charge in [0.2, 0.25) is 11.7 Å². The number of anilines is 1. The summed E-state index contributed by atoms with van der Waals surface area (Å²) in [5, 5.41) is 7.31. The summed E-state index contributed by atoms with van der Waals surface area (Å²) in [5.74, 6) is -0.0478. The predicted molar refractivity (Wildman–Crippen MR) is 117 cm³/mol. The van der Waals surface area contributed by atoms with Crippen molar-refractivity contribution < 1.29 is 27.2 Å². The van der Waals surface area contributed by atoms with Crippen LogP contribution in [0.25, 0.3) is 11.4 Å². The normalized spacial score (nSPS) is 15.5. The number of nitrogens with one attached hydrogen (secondary N) is 2. The molecule has 0 fully saturated rings. The molecule has 4 aromatic rings. The minimum absolute atomic E-state index is 0.157. The number of ether oxygens (including phenoxy) is 1. The number of benzene rings is 2. The summed E-state index contributed by atoms with van der Waals surface area (Å²) in [4.78, 5) is 26.4. The van der Waals surface area contributed by atoms with Gasteiger partial charge in [0.15, 0.2) is 0 Å². The average molecular weight is 505 g/mol. The Morgan fingerprint density at radius 2 is 1.91 bits per heavy atom. The number of H-pyrrole nitrogens is 1.